The van der Waals surface area contributed by atoms with Gasteiger partial charge < -0.3 is 25.7 Å². The smallest absolute Gasteiger partial charge is 0.170 e. The Morgan fingerprint density at radius 2 is 1.38 bits per heavy atom. The van der Waals surface area contributed by atoms with Gasteiger partial charge in [0.1, 0.15) is 29.6 Å². The van der Waals surface area contributed by atoms with E-state index in [-0.39, 0.29) is 29.3 Å². The number of aromatic hydroxyl groups is 1. The van der Waals surface area contributed by atoms with Crippen LogP contribution in [0.3, 0.4) is 0 Å². The van der Waals surface area contributed by atoms with Crippen molar-refractivity contribution in [1.82, 2.24) is 0 Å². The maximum atomic E-state index is 11.9. The van der Waals surface area contributed by atoms with E-state index in [0.717, 1.165) is 49.7 Å². The second kappa shape index (κ2) is 20.4. The van der Waals surface area contributed by atoms with Gasteiger partial charge in [-0.1, -0.05) is 106 Å². The second-order valence-electron chi connectivity index (χ2n) is 12.8. The van der Waals surface area contributed by atoms with Crippen LogP contribution in [0.4, 0.5) is 0 Å². The summed E-state index contributed by atoms with van der Waals surface area (Å²) in [4.78, 5) is 0. The van der Waals surface area contributed by atoms with Gasteiger partial charge in [-0.15, -0.1) is 0 Å². The summed E-state index contributed by atoms with van der Waals surface area (Å²) in [6.07, 6.45) is 13.5. The molecule has 5 rings (SSSR count). The molecule has 4 nitrogen and oxygen atoms in total. The summed E-state index contributed by atoms with van der Waals surface area (Å²) in [6.45, 7) is 9.43. The van der Waals surface area contributed by atoms with Gasteiger partial charge in [-0.2, -0.15) is 12.8 Å². The van der Waals surface area contributed by atoms with Crippen LogP contribution in [0.5, 0.6) is 17.2 Å². The number of phenols is 1. The van der Waals surface area contributed by atoms with Crippen molar-refractivity contribution in [2.24, 2.45) is 0 Å². The van der Waals surface area contributed by atoms with E-state index in [0.29, 0.717) is 19.0 Å². The molecule has 0 aromatic heterocycles. The minimum atomic E-state index is -1.81. The molecule has 0 amide bonds. The van der Waals surface area contributed by atoms with Crippen LogP contribution in [0.2, 0.25) is 0 Å². The Morgan fingerprint density at radius 3 is 2.02 bits per heavy atom. The molecule has 260 valence electrons. The molecular formula is C42H54NiO4P+. The molecule has 0 fully saturated rings. The van der Waals surface area contributed by atoms with Gasteiger partial charge in [0.25, 0.3) is 0 Å². The number of phenolic OH excluding ortho intramolecular Hbond substituents is 1. The SMILES string of the molecule is C1=C\CCC[CH-]CC/1.COCc1cccc(COC)c1[PH+](c1cccc(C(C)(C)C)c1O)c1c(C)cccc1Oc1ccccc1.[CH3+].[Ni]. The first-order chi connectivity index (χ1) is 22.3. The Balaban J connectivity index is 0.000000702. The summed E-state index contributed by atoms with van der Waals surface area (Å²) in [5.74, 6) is 1.91. The first kappa shape index (κ1) is 41.1. The van der Waals surface area contributed by atoms with Crippen molar-refractivity contribution in [1.29, 1.82) is 0 Å². The summed E-state index contributed by atoms with van der Waals surface area (Å²) in [5.41, 5.74) is 4.00. The molecule has 0 saturated heterocycles. The summed E-state index contributed by atoms with van der Waals surface area (Å²) < 4.78 is 17.9. The number of rotatable bonds is 9. The number of hydrogen-bond acceptors (Lipinski definition) is 4. The fourth-order valence-electron chi connectivity index (χ4n) is 5.91. The van der Waals surface area contributed by atoms with Crippen molar-refractivity contribution in [2.45, 2.75) is 78.4 Å². The Hall–Kier alpha value is -3.07. The molecule has 0 saturated carbocycles. The van der Waals surface area contributed by atoms with Crippen LogP contribution in [-0.4, -0.2) is 19.3 Å². The van der Waals surface area contributed by atoms with Gasteiger partial charge in [0, 0.05) is 54.8 Å². The zero-order valence-corrected chi connectivity index (χ0v) is 31.7. The molecule has 48 heavy (non-hydrogen) atoms. The largest absolute Gasteiger partial charge is 0.504 e. The third-order valence-electron chi connectivity index (χ3n) is 8.14. The molecule has 0 aliphatic heterocycles. The molecule has 0 heterocycles. The standard InChI is InChI=1S/C33H37O4P.C8H13.CH3.Ni/c1-23-13-10-19-28(37-26-16-8-7-9-17-26)31(23)38(29-20-12-18-27(30(29)34)33(2,3)4)32-24(21-35-5)14-11-15-25(32)22-36-6;1-2-4-6-8-7-5-3-1;;/h7-20,34H,21-22H2,1-6H3;1-2,7H,3-6,8H2;1H3;/q;-1;+1;/p+1/b;2-1-;;. The normalized spacial score (nSPS) is 14.1. The van der Waals surface area contributed by atoms with E-state index in [4.69, 9.17) is 14.2 Å². The summed E-state index contributed by atoms with van der Waals surface area (Å²) in [7, 11) is 1.63. The molecule has 1 unspecified atom stereocenters. The average molecular weight is 713 g/mol. The molecular weight excluding hydrogens is 658 g/mol. The predicted molar refractivity (Wildman–Crippen MR) is 203 cm³/mol. The number of para-hydroxylation sites is 2. The Kier molecular flexibility index (Phi) is 17.5. The molecule has 1 aliphatic carbocycles. The molecule has 1 N–H and O–H groups in total. The van der Waals surface area contributed by atoms with E-state index in [1.165, 1.54) is 32.1 Å². The van der Waals surface area contributed by atoms with Gasteiger partial charge in [-0.3, -0.25) is 0 Å². The number of allylic oxidation sites excluding steroid dienone is 2. The van der Waals surface area contributed by atoms with Crippen molar-refractivity contribution in [3.05, 3.63) is 133 Å². The fraction of sp³-hybridized carbons (Fsp3) is 0.333. The van der Waals surface area contributed by atoms with E-state index < -0.39 is 7.92 Å². The van der Waals surface area contributed by atoms with Gasteiger partial charge in [-0.05, 0) is 48.6 Å². The molecule has 0 radical (unpaired) electrons. The van der Waals surface area contributed by atoms with Gasteiger partial charge in [0.2, 0.25) is 0 Å². The van der Waals surface area contributed by atoms with Crippen LogP contribution >= 0.6 is 7.92 Å². The minimum absolute atomic E-state index is 0. The first-order valence-corrected chi connectivity index (χ1v) is 17.8. The molecule has 1 atom stereocenters. The third-order valence-corrected chi connectivity index (χ3v) is 11.4. The van der Waals surface area contributed by atoms with Crippen molar-refractivity contribution in [2.75, 3.05) is 14.2 Å². The molecule has 0 spiro atoms. The molecule has 4 aromatic rings. The first-order valence-electron chi connectivity index (χ1n) is 16.3. The van der Waals surface area contributed by atoms with Crippen LogP contribution in [0.15, 0.2) is 97.1 Å². The Bertz CT molecular complexity index is 1530. The number of ether oxygens (including phenoxy) is 3. The summed E-state index contributed by atoms with van der Waals surface area (Å²) >= 11 is 0. The van der Waals surface area contributed by atoms with Crippen LogP contribution in [0.25, 0.3) is 0 Å². The maximum Gasteiger partial charge on any atom is 0.170 e. The number of benzene rings is 4. The molecule has 6 heteroatoms. The van der Waals surface area contributed by atoms with Crippen LogP contribution in [-0.2, 0) is 44.6 Å². The Morgan fingerprint density at radius 1 is 0.750 bits per heavy atom. The predicted octanol–water partition coefficient (Wildman–Crippen LogP) is 9.73. The van der Waals surface area contributed by atoms with Gasteiger partial charge in [-0.25, -0.2) is 0 Å². The fourth-order valence-corrected chi connectivity index (χ4v) is 9.14. The topological polar surface area (TPSA) is 47.9 Å². The molecule has 1 aliphatic rings. The summed E-state index contributed by atoms with van der Waals surface area (Å²) in [6, 6.07) is 28.5. The van der Waals surface area contributed by atoms with Crippen LogP contribution < -0.4 is 20.7 Å². The number of hydrogen-bond donors (Lipinski definition) is 1. The number of aryl methyl sites for hydroxylation is 1. The van der Waals surface area contributed by atoms with E-state index in [1.807, 2.05) is 48.5 Å². The maximum absolute atomic E-state index is 11.9. The monoisotopic (exact) mass is 711 g/mol. The third kappa shape index (κ3) is 11.0. The average Bonchev–Trinajstić information content (AvgIpc) is 3.00. The van der Waals surface area contributed by atoms with Gasteiger partial charge in [0.05, 0.1) is 13.2 Å². The Labute approximate surface area is 301 Å². The van der Waals surface area contributed by atoms with Crippen molar-refractivity contribution >= 4 is 23.8 Å². The van der Waals surface area contributed by atoms with E-state index in [2.05, 4.69) is 82.7 Å². The van der Waals surface area contributed by atoms with E-state index in [1.54, 1.807) is 14.2 Å². The van der Waals surface area contributed by atoms with Crippen molar-refractivity contribution < 1.29 is 35.8 Å². The second-order valence-corrected chi connectivity index (χ2v) is 15.1. The zero-order chi connectivity index (χ0) is 32.9. The quantitative estimate of drug-likeness (QED) is 0.0813. The van der Waals surface area contributed by atoms with Crippen molar-refractivity contribution in [3.8, 4) is 17.2 Å². The van der Waals surface area contributed by atoms with Crippen LogP contribution in [0.1, 0.15) is 75.1 Å². The van der Waals surface area contributed by atoms with E-state index in [9.17, 15) is 5.11 Å². The van der Waals surface area contributed by atoms with Crippen molar-refractivity contribution in [3.63, 3.8) is 0 Å². The van der Waals surface area contributed by atoms with E-state index >= 15 is 0 Å². The number of methoxy groups -OCH3 is 2. The summed E-state index contributed by atoms with van der Waals surface area (Å²) in [5, 5.41) is 15.0. The van der Waals surface area contributed by atoms with Gasteiger partial charge in [0.15, 0.2) is 11.5 Å². The zero-order valence-electron chi connectivity index (χ0n) is 29.8. The molecule has 4 aromatic carbocycles. The minimum Gasteiger partial charge on any atom is -0.504 e. The van der Waals surface area contributed by atoms with Gasteiger partial charge >= 0.3 is 0 Å². The molecule has 0 bridgehead atoms. The van der Waals surface area contributed by atoms with Crippen LogP contribution in [0, 0.1) is 20.8 Å².